The average Bonchev–Trinajstić information content (AvgIpc) is 2.67. The molecule has 0 aliphatic carbocycles. The van der Waals surface area contributed by atoms with Gasteiger partial charge in [-0.25, -0.2) is 0 Å². The van der Waals surface area contributed by atoms with E-state index >= 15 is 0 Å². The summed E-state index contributed by atoms with van der Waals surface area (Å²) < 4.78 is 0. The molecule has 0 amide bonds. The lowest BCUT2D eigenvalue weighted by molar-refractivity contribution is 0.116. The molecule has 2 heteroatoms. The molecule has 0 atom stereocenters. The average molecular weight is 382 g/mol. The molecule has 0 saturated carbocycles. The minimum absolute atomic E-state index is 1.27. The molecular weight excluding hydrogens is 328 g/mol. The molecule has 0 aliphatic heterocycles. The van der Waals surface area contributed by atoms with Gasteiger partial charge in [-0.05, 0) is 32.1 Å². The monoisotopic (exact) mass is 381 g/mol. The lowest BCUT2D eigenvalue weighted by atomic mass is 10.1. The van der Waals surface area contributed by atoms with Crippen LogP contribution in [0.4, 0.5) is 0 Å². The Morgan fingerprint density at radius 3 is 0.963 bits per heavy atom. The molecule has 0 spiro atoms. The highest BCUT2D eigenvalue weighted by Crippen LogP contribution is 2.25. The van der Waals surface area contributed by atoms with Crippen LogP contribution in [0.2, 0.25) is 0 Å². The number of hydrogen-bond acceptors (Lipinski definition) is 2. The molecule has 0 aliphatic rings. The Labute approximate surface area is 173 Å². The molecule has 163 valence electrons. The van der Waals surface area contributed by atoms with E-state index in [4.69, 9.17) is 0 Å². The van der Waals surface area contributed by atoms with Crippen LogP contribution in [0.1, 0.15) is 131 Å². The van der Waals surface area contributed by atoms with Crippen molar-refractivity contribution in [1.82, 2.24) is 9.80 Å². The largest absolute Gasteiger partial charge is 0.283 e. The molecule has 2 nitrogen and oxygen atoms in total. The molecule has 0 bridgehead atoms. The van der Waals surface area contributed by atoms with Gasteiger partial charge in [0.2, 0.25) is 0 Å². The molecule has 0 heterocycles. The standard InChI is InChI=1S/C25H53N2/c1-6-11-16-21-26(22-17-12-7-2)25(20-15-10-5)27(23-18-13-8-3)24-19-14-9-4/h6-24H2,1-5H3. The number of nitrogens with zero attached hydrogens (tertiary/aromatic N) is 2. The van der Waals surface area contributed by atoms with Crippen LogP contribution in [0.5, 0.6) is 0 Å². The first-order chi connectivity index (χ1) is 13.2. The lowest BCUT2D eigenvalue weighted by Gasteiger charge is -2.39. The highest BCUT2D eigenvalue weighted by Gasteiger charge is 2.25. The number of rotatable bonds is 21. The van der Waals surface area contributed by atoms with Crippen LogP contribution in [0.3, 0.4) is 0 Å². The highest BCUT2D eigenvalue weighted by atomic mass is 15.3. The summed E-state index contributed by atoms with van der Waals surface area (Å²) in [4.78, 5) is 5.61. The van der Waals surface area contributed by atoms with Crippen molar-refractivity contribution in [2.75, 3.05) is 26.2 Å². The Bertz CT molecular complexity index is 235. The van der Waals surface area contributed by atoms with Crippen LogP contribution in [0.15, 0.2) is 0 Å². The van der Waals surface area contributed by atoms with E-state index in [0.29, 0.717) is 0 Å². The van der Waals surface area contributed by atoms with Gasteiger partial charge in [0.05, 0.1) is 0 Å². The fraction of sp³-hybridized carbons (Fsp3) is 0.960. The molecule has 0 unspecified atom stereocenters. The summed E-state index contributed by atoms with van der Waals surface area (Å²) in [6, 6.07) is 0. The zero-order valence-corrected chi connectivity index (χ0v) is 19.8. The maximum absolute atomic E-state index is 2.80. The molecule has 27 heavy (non-hydrogen) atoms. The van der Waals surface area contributed by atoms with Crippen molar-refractivity contribution in [2.45, 2.75) is 131 Å². The van der Waals surface area contributed by atoms with Crippen molar-refractivity contribution in [2.24, 2.45) is 0 Å². The van der Waals surface area contributed by atoms with E-state index in [-0.39, 0.29) is 0 Å². The van der Waals surface area contributed by atoms with Crippen molar-refractivity contribution < 1.29 is 0 Å². The molecule has 0 aromatic heterocycles. The van der Waals surface area contributed by atoms with Crippen LogP contribution >= 0.6 is 0 Å². The van der Waals surface area contributed by atoms with E-state index in [0.717, 1.165) is 0 Å². The Morgan fingerprint density at radius 2 is 0.704 bits per heavy atom. The van der Waals surface area contributed by atoms with Gasteiger partial charge in [0, 0.05) is 26.2 Å². The summed E-state index contributed by atoms with van der Waals surface area (Å²) in [5, 5.41) is 0. The predicted molar refractivity (Wildman–Crippen MR) is 124 cm³/mol. The van der Waals surface area contributed by atoms with Crippen molar-refractivity contribution in [3.8, 4) is 0 Å². The Morgan fingerprint density at radius 1 is 0.407 bits per heavy atom. The zero-order valence-electron chi connectivity index (χ0n) is 19.8. The van der Waals surface area contributed by atoms with Crippen molar-refractivity contribution >= 4 is 0 Å². The fourth-order valence-electron chi connectivity index (χ4n) is 3.80. The van der Waals surface area contributed by atoms with Gasteiger partial charge in [-0.1, -0.05) is 98.8 Å². The molecule has 0 fully saturated rings. The second-order valence-corrected chi connectivity index (χ2v) is 8.32. The van der Waals surface area contributed by atoms with Crippen molar-refractivity contribution in [3.05, 3.63) is 6.17 Å². The third-order valence-corrected chi connectivity index (χ3v) is 5.61. The lowest BCUT2D eigenvalue weighted by Crippen LogP contribution is -2.43. The predicted octanol–water partition coefficient (Wildman–Crippen LogP) is 8.03. The van der Waals surface area contributed by atoms with E-state index in [1.165, 1.54) is 122 Å². The smallest absolute Gasteiger partial charge is 0.106 e. The quantitative estimate of drug-likeness (QED) is 0.186. The summed E-state index contributed by atoms with van der Waals surface area (Å²) in [6.45, 7) is 16.7. The van der Waals surface area contributed by atoms with E-state index in [1.54, 1.807) is 6.17 Å². The minimum atomic E-state index is 1.27. The second kappa shape index (κ2) is 20.6. The third-order valence-electron chi connectivity index (χ3n) is 5.61. The Hall–Kier alpha value is -0.0800. The number of unbranched alkanes of at least 4 members (excludes halogenated alkanes) is 9. The maximum atomic E-state index is 2.80. The summed E-state index contributed by atoms with van der Waals surface area (Å²) in [6.07, 6.45) is 21.8. The first-order valence-corrected chi connectivity index (χ1v) is 12.6. The van der Waals surface area contributed by atoms with Gasteiger partial charge in [0.1, 0.15) is 6.17 Å². The van der Waals surface area contributed by atoms with Gasteiger partial charge in [-0.15, -0.1) is 0 Å². The molecular formula is C25H53N2. The Balaban J connectivity index is 5.10. The zero-order chi connectivity index (χ0) is 20.2. The normalized spacial score (nSPS) is 12.0. The van der Waals surface area contributed by atoms with E-state index in [2.05, 4.69) is 44.4 Å². The first kappa shape index (κ1) is 26.9. The van der Waals surface area contributed by atoms with Crippen LogP contribution in [0, 0.1) is 6.17 Å². The van der Waals surface area contributed by atoms with Gasteiger partial charge in [-0.3, -0.25) is 9.80 Å². The SMILES string of the molecule is CCCCCN(CCCCC)[C](CCCC)N(CCCCC)CCCCC. The topological polar surface area (TPSA) is 6.48 Å². The van der Waals surface area contributed by atoms with E-state index in [1.807, 2.05) is 0 Å². The van der Waals surface area contributed by atoms with E-state index in [9.17, 15) is 0 Å². The molecule has 0 N–H and O–H groups in total. The van der Waals surface area contributed by atoms with Crippen molar-refractivity contribution in [3.63, 3.8) is 0 Å². The summed E-state index contributed by atoms with van der Waals surface area (Å²) in [5.41, 5.74) is 0. The summed E-state index contributed by atoms with van der Waals surface area (Å²) in [5.74, 6) is 0. The van der Waals surface area contributed by atoms with E-state index < -0.39 is 0 Å². The van der Waals surface area contributed by atoms with Gasteiger partial charge >= 0.3 is 0 Å². The van der Waals surface area contributed by atoms with Gasteiger partial charge in [-0.2, -0.15) is 0 Å². The first-order valence-electron chi connectivity index (χ1n) is 12.6. The van der Waals surface area contributed by atoms with Crippen molar-refractivity contribution in [1.29, 1.82) is 0 Å². The fourth-order valence-corrected chi connectivity index (χ4v) is 3.80. The third kappa shape index (κ3) is 14.6. The van der Waals surface area contributed by atoms with Crippen LogP contribution < -0.4 is 0 Å². The van der Waals surface area contributed by atoms with Crippen LogP contribution in [0.25, 0.3) is 0 Å². The molecule has 1 radical (unpaired) electrons. The number of hydrogen-bond donors (Lipinski definition) is 0. The maximum Gasteiger partial charge on any atom is 0.106 e. The summed E-state index contributed by atoms with van der Waals surface area (Å²) >= 11 is 0. The van der Waals surface area contributed by atoms with Crippen LogP contribution in [-0.4, -0.2) is 36.0 Å². The minimum Gasteiger partial charge on any atom is -0.283 e. The molecule has 0 saturated heterocycles. The van der Waals surface area contributed by atoms with Gasteiger partial charge in [0.15, 0.2) is 0 Å². The Kier molecular flexibility index (Phi) is 20.6. The highest BCUT2D eigenvalue weighted by molar-refractivity contribution is 4.90. The van der Waals surface area contributed by atoms with Crippen LogP contribution in [-0.2, 0) is 0 Å². The molecule has 0 rings (SSSR count). The molecule has 0 aromatic carbocycles. The second-order valence-electron chi connectivity index (χ2n) is 8.32. The van der Waals surface area contributed by atoms with Gasteiger partial charge < -0.3 is 0 Å². The van der Waals surface area contributed by atoms with Gasteiger partial charge in [0.25, 0.3) is 0 Å². The summed E-state index contributed by atoms with van der Waals surface area (Å²) in [7, 11) is 0. The molecule has 0 aromatic rings.